The van der Waals surface area contributed by atoms with E-state index >= 15 is 0 Å². The van der Waals surface area contributed by atoms with Crippen molar-refractivity contribution in [2.45, 2.75) is 10.3 Å². The highest BCUT2D eigenvalue weighted by Crippen LogP contribution is 2.25. The second kappa shape index (κ2) is 3.81. The van der Waals surface area contributed by atoms with Crippen LogP contribution in [0, 0.1) is 0 Å². The van der Waals surface area contributed by atoms with Crippen LogP contribution in [0.3, 0.4) is 0 Å². The Morgan fingerprint density at radius 2 is 1.78 bits per heavy atom. The third-order valence-electron chi connectivity index (χ3n) is 0.396. The number of ether oxygens (including phenoxy) is 1. The Kier molecular flexibility index (Phi) is 4.12. The van der Waals surface area contributed by atoms with E-state index in [9.17, 15) is 0 Å². The molecular weight excluding hydrogens is 190 g/mol. The molecule has 0 heterocycles. The normalized spacial score (nSPS) is 12.7. The van der Waals surface area contributed by atoms with E-state index in [4.69, 9.17) is 45.0 Å². The first-order chi connectivity index (χ1) is 3.92. The van der Waals surface area contributed by atoms with Crippen LogP contribution in [0.2, 0.25) is 0 Å². The first kappa shape index (κ1) is 9.75. The van der Waals surface area contributed by atoms with Crippen molar-refractivity contribution in [3.05, 3.63) is 0 Å². The fourth-order valence-electron chi connectivity index (χ4n) is 0.169. The highest BCUT2D eigenvalue weighted by Gasteiger charge is 2.20. The number of hydrogen-bond acceptors (Lipinski definition) is 3. The molecule has 0 aliphatic heterocycles. The summed E-state index contributed by atoms with van der Waals surface area (Å²) >= 11 is 15.5. The lowest BCUT2D eigenvalue weighted by Gasteiger charge is -2.11. The van der Waals surface area contributed by atoms with Gasteiger partial charge in [0.25, 0.3) is 6.48 Å². The Morgan fingerprint density at radius 1 is 1.33 bits per heavy atom. The molecule has 0 rings (SSSR count). The zero-order valence-corrected chi connectivity index (χ0v) is 6.49. The molecule has 0 aliphatic rings. The first-order valence-corrected chi connectivity index (χ1v) is 3.10. The van der Waals surface area contributed by atoms with Crippen LogP contribution in [0.15, 0.2) is 0 Å². The van der Waals surface area contributed by atoms with E-state index in [1.54, 1.807) is 0 Å². The molecule has 0 radical (unpaired) electrons. The minimum Gasteiger partial charge on any atom is -0.346 e. The van der Waals surface area contributed by atoms with E-state index in [1.807, 2.05) is 0 Å². The SMILES string of the molecule is OC(O)OCC(Cl)(Cl)Cl. The van der Waals surface area contributed by atoms with Crippen LogP contribution >= 0.6 is 34.8 Å². The topological polar surface area (TPSA) is 49.7 Å². The molecule has 0 fully saturated rings. The summed E-state index contributed by atoms with van der Waals surface area (Å²) in [6.45, 7) is -2.24. The number of hydrogen-bond donors (Lipinski definition) is 2. The molecular formula is C3H5Cl3O3. The molecule has 2 N–H and O–H groups in total. The lowest BCUT2D eigenvalue weighted by atomic mass is 10.8. The summed E-state index contributed by atoms with van der Waals surface area (Å²) in [5.74, 6) is 0. The molecule has 0 atom stereocenters. The molecule has 6 heteroatoms. The molecule has 56 valence electrons. The van der Waals surface area contributed by atoms with Crippen LogP contribution in [-0.4, -0.2) is 27.1 Å². The Hall–Kier alpha value is 0.750. The molecule has 0 bridgehead atoms. The molecule has 0 aromatic rings. The van der Waals surface area contributed by atoms with Crippen molar-refractivity contribution < 1.29 is 14.9 Å². The molecule has 0 aliphatic carbocycles. The van der Waals surface area contributed by atoms with E-state index in [-0.39, 0.29) is 6.61 Å². The van der Waals surface area contributed by atoms with Crippen molar-refractivity contribution in [2.75, 3.05) is 6.61 Å². The molecule has 0 aromatic heterocycles. The number of alkyl halides is 3. The van der Waals surface area contributed by atoms with Crippen LogP contribution < -0.4 is 0 Å². The Bertz CT molecular complexity index is 78.9. The van der Waals surface area contributed by atoms with Gasteiger partial charge >= 0.3 is 0 Å². The third-order valence-corrected chi connectivity index (χ3v) is 0.723. The van der Waals surface area contributed by atoms with E-state index < -0.39 is 10.3 Å². The summed E-state index contributed by atoms with van der Waals surface area (Å²) < 4.78 is 2.53. The molecule has 9 heavy (non-hydrogen) atoms. The Labute approximate surface area is 67.1 Å². The smallest absolute Gasteiger partial charge is 0.266 e. The van der Waals surface area contributed by atoms with Gasteiger partial charge in [-0.15, -0.1) is 0 Å². The highest BCUT2D eigenvalue weighted by atomic mass is 35.6. The average Bonchev–Trinajstić information content (AvgIpc) is 1.59. The van der Waals surface area contributed by atoms with Gasteiger partial charge in [0.2, 0.25) is 3.79 Å². The third kappa shape index (κ3) is 8.75. The number of aliphatic hydroxyl groups excluding tert-OH is 1. The van der Waals surface area contributed by atoms with Crippen molar-refractivity contribution in [2.24, 2.45) is 0 Å². The van der Waals surface area contributed by atoms with E-state index in [0.717, 1.165) is 0 Å². The predicted molar refractivity (Wildman–Crippen MR) is 34.5 cm³/mol. The van der Waals surface area contributed by atoms with Gasteiger partial charge in [0.05, 0.1) is 6.61 Å². The molecule has 0 amide bonds. The van der Waals surface area contributed by atoms with E-state index in [1.165, 1.54) is 0 Å². The molecule has 0 aromatic carbocycles. The fourth-order valence-corrected chi connectivity index (χ4v) is 0.358. The average molecular weight is 195 g/mol. The number of aliphatic hydroxyl groups is 2. The Balaban J connectivity index is 3.28. The summed E-state index contributed by atoms with van der Waals surface area (Å²) in [4.78, 5) is 0. The van der Waals surface area contributed by atoms with Crippen molar-refractivity contribution in [1.29, 1.82) is 0 Å². The van der Waals surface area contributed by atoms with Gasteiger partial charge in [-0.2, -0.15) is 0 Å². The van der Waals surface area contributed by atoms with Crippen LogP contribution in [0.5, 0.6) is 0 Å². The highest BCUT2D eigenvalue weighted by molar-refractivity contribution is 6.67. The van der Waals surface area contributed by atoms with Gasteiger partial charge in [0.1, 0.15) is 0 Å². The molecule has 3 nitrogen and oxygen atoms in total. The van der Waals surface area contributed by atoms with E-state index in [0.29, 0.717) is 0 Å². The minimum atomic E-state index is -1.89. The quantitative estimate of drug-likeness (QED) is 0.502. The van der Waals surface area contributed by atoms with Gasteiger partial charge in [-0.05, 0) is 0 Å². The lowest BCUT2D eigenvalue weighted by Crippen LogP contribution is -2.19. The number of halogens is 3. The van der Waals surface area contributed by atoms with Gasteiger partial charge in [-0.1, -0.05) is 34.8 Å². The summed E-state index contributed by atoms with van der Waals surface area (Å²) in [7, 11) is 0. The van der Waals surface area contributed by atoms with Crippen LogP contribution in [0.4, 0.5) is 0 Å². The summed E-state index contributed by atoms with van der Waals surface area (Å²) in [6.07, 6.45) is 0. The van der Waals surface area contributed by atoms with E-state index in [2.05, 4.69) is 4.74 Å². The standard InChI is InChI=1S/C3H5Cl3O3/c4-3(5,6)1-9-2(7)8/h2,7-8H,1H2. The van der Waals surface area contributed by atoms with Gasteiger partial charge < -0.3 is 14.9 Å². The van der Waals surface area contributed by atoms with Gasteiger partial charge in [-0.25, -0.2) is 0 Å². The second-order valence-corrected chi connectivity index (χ2v) is 3.77. The summed E-state index contributed by atoms with van der Waals surface area (Å²) in [6, 6.07) is 0. The zero-order chi connectivity index (χ0) is 7.49. The van der Waals surface area contributed by atoms with Crippen LogP contribution in [0.1, 0.15) is 0 Å². The fraction of sp³-hybridized carbons (Fsp3) is 1.00. The lowest BCUT2D eigenvalue weighted by molar-refractivity contribution is -0.232. The minimum absolute atomic E-state index is 0.352. The maximum absolute atomic E-state index is 8.07. The molecule has 0 saturated carbocycles. The maximum atomic E-state index is 8.07. The largest absolute Gasteiger partial charge is 0.346 e. The van der Waals surface area contributed by atoms with Gasteiger partial charge in [-0.3, -0.25) is 0 Å². The summed E-state index contributed by atoms with van der Waals surface area (Å²) in [5.41, 5.74) is 0. The second-order valence-electron chi connectivity index (χ2n) is 1.25. The van der Waals surface area contributed by atoms with Crippen molar-refractivity contribution in [3.8, 4) is 0 Å². The van der Waals surface area contributed by atoms with Crippen molar-refractivity contribution >= 4 is 34.8 Å². The predicted octanol–water partition coefficient (Wildman–Crippen LogP) is 0.641. The van der Waals surface area contributed by atoms with Gasteiger partial charge in [0, 0.05) is 0 Å². The summed E-state index contributed by atoms with van der Waals surface area (Å²) in [5, 5.41) is 16.1. The monoisotopic (exact) mass is 194 g/mol. The molecule has 0 saturated heterocycles. The molecule has 0 spiro atoms. The maximum Gasteiger partial charge on any atom is 0.266 e. The van der Waals surface area contributed by atoms with Crippen molar-refractivity contribution in [3.63, 3.8) is 0 Å². The number of rotatable bonds is 2. The zero-order valence-electron chi connectivity index (χ0n) is 4.22. The van der Waals surface area contributed by atoms with Crippen LogP contribution in [0.25, 0.3) is 0 Å². The first-order valence-electron chi connectivity index (χ1n) is 1.96. The van der Waals surface area contributed by atoms with Gasteiger partial charge in [0.15, 0.2) is 0 Å². The van der Waals surface area contributed by atoms with Crippen molar-refractivity contribution in [1.82, 2.24) is 0 Å². The Morgan fingerprint density at radius 3 is 1.89 bits per heavy atom. The van der Waals surface area contributed by atoms with Crippen LogP contribution in [-0.2, 0) is 4.74 Å². The molecule has 0 unspecified atom stereocenters.